The van der Waals surface area contributed by atoms with E-state index in [9.17, 15) is 8.78 Å². The van der Waals surface area contributed by atoms with Crippen molar-refractivity contribution in [3.05, 3.63) is 35.1 Å². The highest BCUT2D eigenvalue weighted by Gasteiger charge is 2.16. The second-order valence-electron chi connectivity index (χ2n) is 3.41. The Morgan fingerprint density at radius 1 is 1.27 bits per heavy atom. The van der Waals surface area contributed by atoms with E-state index in [4.69, 9.17) is 4.42 Å². The molecule has 0 aliphatic heterocycles. The van der Waals surface area contributed by atoms with Gasteiger partial charge in [-0.15, -0.1) is 0 Å². The maximum absolute atomic E-state index is 13.4. The van der Waals surface area contributed by atoms with Gasteiger partial charge < -0.3 is 9.73 Å². The van der Waals surface area contributed by atoms with Gasteiger partial charge in [0.2, 0.25) is 0 Å². The lowest BCUT2D eigenvalue weighted by Gasteiger charge is -1.94. The first-order chi connectivity index (χ1) is 7.15. The van der Waals surface area contributed by atoms with E-state index in [0.29, 0.717) is 17.9 Å². The number of nitrogens with one attached hydrogen (secondary N) is 1. The van der Waals surface area contributed by atoms with Crippen molar-refractivity contribution in [1.29, 1.82) is 0 Å². The summed E-state index contributed by atoms with van der Waals surface area (Å²) in [6.45, 7) is 2.18. The molecule has 0 amide bonds. The molecule has 2 nitrogen and oxygen atoms in total. The molecule has 1 heterocycles. The van der Waals surface area contributed by atoms with Crippen LogP contribution in [0.15, 0.2) is 16.5 Å². The van der Waals surface area contributed by atoms with Crippen LogP contribution in [0.5, 0.6) is 0 Å². The van der Waals surface area contributed by atoms with Crippen LogP contribution in [0.1, 0.15) is 11.3 Å². The number of rotatable bonds is 2. The Morgan fingerprint density at radius 2 is 1.93 bits per heavy atom. The number of furan rings is 1. The summed E-state index contributed by atoms with van der Waals surface area (Å²) in [6, 6.07) is 2.19. The van der Waals surface area contributed by atoms with Gasteiger partial charge in [-0.1, -0.05) is 0 Å². The van der Waals surface area contributed by atoms with Crippen molar-refractivity contribution in [3.8, 4) is 0 Å². The molecule has 0 radical (unpaired) electrons. The van der Waals surface area contributed by atoms with E-state index in [0.717, 1.165) is 12.1 Å². The molecule has 0 saturated carbocycles. The molecule has 1 N–H and O–H groups in total. The highest BCUT2D eigenvalue weighted by atomic mass is 19.1. The molecular weight excluding hydrogens is 200 g/mol. The SMILES string of the molecule is CNCc1oc2c(F)ccc(F)c2c1C. The first-order valence-electron chi connectivity index (χ1n) is 4.65. The summed E-state index contributed by atoms with van der Waals surface area (Å²) in [7, 11) is 1.75. The van der Waals surface area contributed by atoms with Crippen molar-refractivity contribution in [2.45, 2.75) is 13.5 Å². The third kappa shape index (κ3) is 1.51. The largest absolute Gasteiger partial charge is 0.456 e. The molecule has 15 heavy (non-hydrogen) atoms. The quantitative estimate of drug-likeness (QED) is 0.826. The molecule has 0 unspecified atom stereocenters. The lowest BCUT2D eigenvalue weighted by atomic mass is 10.1. The first kappa shape index (κ1) is 10.1. The van der Waals surface area contributed by atoms with Gasteiger partial charge in [0.05, 0.1) is 11.9 Å². The van der Waals surface area contributed by atoms with Crippen molar-refractivity contribution in [2.75, 3.05) is 7.05 Å². The van der Waals surface area contributed by atoms with Gasteiger partial charge in [-0.3, -0.25) is 0 Å². The highest BCUT2D eigenvalue weighted by Crippen LogP contribution is 2.29. The molecule has 0 bridgehead atoms. The molecular formula is C11H11F2NO. The minimum Gasteiger partial charge on any atom is -0.456 e. The number of halogens is 2. The number of benzene rings is 1. The van der Waals surface area contributed by atoms with Crippen molar-refractivity contribution in [1.82, 2.24) is 5.32 Å². The Bertz CT molecular complexity index is 505. The van der Waals surface area contributed by atoms with Gasteiger partial charge in [-0.25, -0.2) is 8.78 Å². The van der Waals surface area contributed by atoms with E-state index in [1.165, 1.54) is 0 Å². The van der Waals surface area contributed by atoms with Crippen LogP contribution < -0.4 is 5.32 Å². The minimum absolute atomic E-state index is 0.00208. The second-order valence-corrected chi connectivity index (χ2v) is 3.41. The third-order valence-electron chi connectivity index (χ3n) is 2.41. The summed E-state index contributed by atoms with van der Waals surface area (Å²) >= 11 is 0. The van der Waals surface area contributed by atoms with Crippen LogP contribution in [0.3, 0.4) is 0 Å². The first-order valence-corrected chi connectivity index (χ1v) is 4.65. The Morgan fingerprint density at radius 3 is 2.53 bits per heavy atom. The van der Waals surface area contributed by atoms with E-state index < -0.39 is 11.6 Å². The zero-order valence-corrected chi connectivity index (χ0v) is 8.53. The van der Waals surface area contributed by atoms with Crippen LogP contribution in [-0.4, -0.2) is 7.05 Å². The smallest absolute Gasteiger partial charge is 0.173 e. The molecule has 0 fully saturated rings. The molecule has 0 aliphatic rings. The predicted octanol–water partition coefficient (Wildman–Crippen LogP) is 2.74. The van der Waals surface area contributed by atoms with E-state index in [2.05, 4.69) is 5.32 Å². The topological polar surface area (TPSA) is 25.2 Å². The maximum atomic E-state index is 13.4. The Labute approximate surface area is 85.9 Å². The second kappa shape index (κ2) is 3.62. The maximum Gasteiger partial charge on any atom is 0.173 e. The normalized spacial score (nSPS) is 11.2. The van der Waals surface area contributed by atoms with Crippen molar-refractivity contribution >= 4 is 11.0 Å². The number of aryl methyl sites for hydroxylation is 1. The molecule has 0 aliphatic carbocycles. The molecule has 0 spiro atoms. The van der Waals surface area contributed by atoms with Gasteiger partial charge in [0.25, 0.3) is 0 Å². The van der Waals surface area contributed by atoms with E-state index >= 15 is 0 Å². The highest BCUT2D eigenvalue weighted by molar-refractivity contribution is 5.83. The molecule has 4 heteroatoms. The fourth-order valence-electron chi connectivity index (χ4n) is 1.65. The van der Waals surface area contributed by atoms with Crippen molar-refractivity contribution in [3.63, 3.8) is 0 Å². The van der Waals surface area contributed by atoms with Gasteiger partial charge in [0.1, 0.15) is 11.6 Å². The predicted molar refractivity (Wildman–Crippen MR) is 53.6 cm³/mol. The van der Waals surface area contributed by atoms with Crippen LogP contribution in [0.2, 0.25) is 0 Å². The third-order valence-corrected chi connectivity index (χ3v) is 2.41. The molecule has 2 rings (SSSR count). The summed E-state index contributed by atoms with van der Waals surface area (Å²) < 4.78 is 32.0. The van der Waals surface area contributed by atoms with Crippen molar-refractivity contribution in [2.24, 2.45) is 0 Å². The molecule has 0 atom stereocenters. The summed E-state index contributed by atoms with van der Waals surface area (Å²) in [5.74, 6) is -0.414. The Kier molecular flexibility index (Phi) is 2.44. The molecule has 2 aromatic rings. The zero-order chi connectivity index (χ0) is 11.0. The van der Waals surface area contributed by atoms with Gasteiger partial charge in [-0.2, -0.15) is 0 Å². The number of hydrogen-bond donors (Lipinski definition) is 1. The van der Waals surface area contributed by atoms with E-state index in [1.807, 2.05) is 0 Å². The standard InChI is InChI=1S/C11H11F2NO/c1-6-9(5-14-2)15-11-8(13)4-3-7(12)10(6)11/h3-4,14H,5H2,1-2H3. The number of hydrogen-bond acceptors (Lipinski definition) is 2. The van der Waals surface area contributed by atoms with Crippen LogP contribution in [0, 0.1) is 18.6 Å². The van der Waals surface area contributed by atoms with E-state index in [-0.39, 0.29) is 11.0 Å². The van der Waals surface area contributed by atoms with Crippen LogP contribution >= 0.6 is 0 Å². The fourth-order valence-corrected chi connectivity index (χ4v) is 1.65. The summed E-state index contributed by atoms with van der Waals surface area (Å²) in [4.78, 5) is 0. The lowest BCUT2D eigenvalue weighted by molar-refractivity contribution is 0.503. The van der Waals surface area contributed by atoms with E-state index in [1.54, 1.807) is 14.0 Å². The fraction of sp³-hybridized carbons (Fsp3) is 0.273. The summed E-state index contributed by atoms with van der Waals surface area (Å²) in [6.07, 6.45) is 0. The van der Waals surface area contributed by atoms with Gasteiger partial charge in [-0.05, 0) is 26.1 Å². The molecule has 0 saturated heterocycles. The Balaban J connectivity index is 2.75. The average Bonchev–Trinajstić information content (AvgIpc) is 2.53. The van der Waals surface area contributed by atoms with Crippen LogP contribution in [0.4, 0.5) is 8.78 Å². The minimum atomic E-state index is -0.531. The summed E-state index contributed by atoms with van der Waals surface area (Å²) in [5, 5.41) is 3.12. The number of fused-ring (bicyclic) bond motifs is 1. The Hall–Kier alpha value is -1.42. The van der Waals surface area contributed by atoms with Crippen LogP contribution in [0.25, 0.3) is 11.0 Å². The monoisotopic (exact) mass is 211 g/mol. The van der Waals surface area contributed by atoms with Crippen molar-refractivity contribution < 1.29 is 13.2 Å². The molecule has 80 valence electrons. The van der Waals surface area contributed by atoms with Gasteiger partial charge in [0, 0.05) is 5.56 Å². The summed E-state index contributed by atoms with van der Waals surface area (Å²) in [5.41, 5.74) is 0.647. The van der Waals surface area contributed by atoms with Gasteiger partial charge in [0.15, 0.2) is 11.4 Å². The molecule has 1 aromatic carbocycles. The lowest BCUT2D eigenvalue weighted by Crippen LogP contribution is -2.04. The average molecular weight is 211 g/mol. The zero-order valence-electron chi connectivity index (χ0n) is 8.53. The van der Waals surface area contributed by atoms with Crippen LogP contribution in [-0.2, 0) is 6.54 Å². The van der Waals surface area contributed by atoms with Gasteiger partial charge >= 0.3 is 0 Å². The molecule has 1 aromatic heterocycles.